The summed E-state index contributed by atoms with van der Waals surface area (Å²) in [6, 6.07) is 3.16. The van der Waals surface area contributed by atoms with Crippen LogP contribution in [0.3, 0.4) is 0 Å². The molecule has 2 N–H and O–H groups in total. The Morgan fingerprint density at radius 2 is 2.18 bits per heavy atom. The first kappa shape index (κ1) is 13.3. The van der Waals surface area contributed by atoms with Crippen molar-refractivity contribution in [2.24, 2.45) is 0 Å². The van der Waals surface area contributed by atoms with E-state index in [1.807, 2.05) is 0 Å². The first-order valence-electron chi connectivity index (χ1n) is 5.07. The van der Waals surface area contributed by atoms with E-state index in [0.29, 0.717) is 5.57 Å². The summed E-state index contributed by atoms with van der Waals surface area (Å²) < 4.78 is 26.0. The SMILES string of the molecule is C/C(=C/C(=O)NCCO)c1ccc(F)cc1F. The maximum atomic E-state index is 13.4. The maximum absolute atomic E-state index is 13.4. The molecular formula is C12H13F2NO2. The van der Waals surface area contributed by atoms with Crippen LogP contribution in [0.2, 0.25) is 0 Å². The number of hydrogen-bond donors (Lipinski definition) is 2. The van der Waals surface area contributed by atoms with Crippen LogP contribution in [0.15, 0.2) is 24.3 Å². The lowest BCUT2D eigenvalue weighted by Gasteiger charge is -2.04. The lowest BCUT2D eigenvalue weighted by molar-refractivity contribution is -0.116. The molecule has 17 heavy (non-hydrogen) atoms. The highest BCUT2D eigenvalue weighted by Crippen LogP contribution is 2.18. The predicted molar refractivity (Wildman–Crippen MR) is 60.1 cm³/mol. The van der Waals surface area contributed by atoms with Gasteiger partial charge in [-0.2, -0.15) is 0 Å². The monoisotopic (exact) mass is 241 g/mol. The number of amides is 1. The Labute approximate surface area is 97.8 Å². The first-order chi connectivity index (χ1) is 8.04. The molecule has 1 aromatic carbocycles. The first-order valence-corrected chi connectivity index (χ1v) is 5.07. The minimum atomic E-state index is -0.714. The number of allylic oxidation sites excluding steroid dienone is 1. The van der Waals surface area contributed by atoms with Gasteiger partial charge in [-0.1, -0.05) is 0 Å². The average Bonchev–Trinajstić information content (AvgIpc) is 2.26. The Balaban J connectivity index is 2.84. The lowest BCUT2D eigenvalue weighted by atomic mass is 10.1. The molecule has 0 bridgehead atoms. The van der Waals surface area contributed by atoms with Crippen LogP contribution in [0.25, 0.3) is 5.57 Å². The van der Waals surface area contributed by atoms with Crippen LogP contribution in [0.1, 0.15) is 12.5 Å². The Bertz CT molecular complexity index is 444. The van der Waals surface area contributed by atoms with Crippen molar-refractivity contribution >= 4 is 11.5 Å². The van der Waals surface area contributed by atoms with Gasteiger partial charge in [0.2, 0.25) is 5.91 Å². The van der Waals surface area contributed by atoms with Gasteiger partial charge in [-0.25, -0.2) is 8.78 Å². The Morgan fingerprint density at radius 3 is 2.76 bits per heavy atom. The standard InChI is InChI=1S/C12H13F2NO2/c1-8(6-12(17)15-4-5-16)10-3-2-9(13)7-11(10)14/h2-3,6-7,16H,4-5H2,1H3,(H,15,17)/b8-6-. The molecule has 1 aromatic rings. The largest absolute Gasteiger partial charge is 0.395 e. The molecule has 0 aliphatic heterocycles. The zero-order valence-electron chi connectivity index (χ0n) is 9.34. The van der Waals surface area contributed by atoms with Crippen LogP contribution < -0.4 is 5.32 Å². The van der Waals surface area contributed by atoms with Gasteiger partial charge in [-0.3, -0.25) is 4.79 Å². The summed E-state index contributed by atoms with van der Waals surface area (Å²) >= 11 is 0. The summed E-state index contributed by atoms with van der Waals surface area (Å²) in [7, 11) is 0. The van der Waals surface area contributed by atoms with Gasteiger partial charge in [-0.05, 0) is 24.6 Å². The van der Waals surface area contributed by atoms with Crippen molar-refractivity contribution in [3.63, 3.8) is 0 Å². The number of rotatable bonds is 4. The summed E-state index contributed by atoms with van der Waals surface area (Å²) in [5, 5.41) is 10.9. The van der Waals surface area contributed by atoms with Gasteiger partial charge in [0.25, 0.3) is 0 Å². The minimum Gasteiger partial charge on any atom is -0.395 e. The van der Waals surface area contributed by atoms with E-state index in [9.17, 15) is 13.6 Å². The van der Waals surface area contributed by atoms with Gasteiger partial charge in [0.15, 0.2) is 0 Å². The molecule has 0 heterocycles. The second-order valence-corrected chi connectivity index (χ2v) is 3.47. The smallest absolute Gasteiger partial charge is 0.244 e. The third-order valence-electron chi connectivity index (χ3n) is 2.11. The molecule has 0 saturated carbocycles. The quantitative estimate of drug-likeness (QED) is 0.784. The highest BCUT2D eigenvalue weighted by atomic mass is 19.1. The molecule has 0 aliphatic carbocycles. The predicted octanol–water partition coefficient (Wildman–Crippen LogP) is 1.48. The summed E-state index contributed by atoms with van der Waals surface area (Å²) in [6.45, 7) is 1.52. The normalized spacial score (nSPS) is 11.4. The topological polar surface area (TPSA) is 49.3 Å². The number of benzene rings is 1. The Kier molecular flexibility index (Phi) is 4.78. The Morgan fingerprint density at radius 1 is 1.47 bits per heavy atom. The number of carbonyl (C=O) groups excluding carboxylic acids is 1. The van der Waals surface area contributed by atoms with Crippen molar-refractivity contribution in [3.8, 4) is 0 Å². The van der Waals surface area contributed by atoms with Gasteiger partial charge in [0.05, 0.1) is 6.61 Å². The Hall–Kier alpha value is -1.75. The molecule has 1 amide bonds. The van der Waals surface area contributed by atoms with Crippen LogP contribution in [0.5, 0.6) is 0 Å². The fourth-order valence-corrected chi connectivity index (χ4v) is 1.31. The molecule has 92 valence electrons. The second-order valence-electron chi connectivity index (χ2n) is 3.47. The molecule has 0 atom stereocenters. The zero-order valence-corrected chi connectivity index (χ0v) is 9.34. The molecule has 0 aliphatic rings. The van der Waals surface area contributed by atoms with E-state index >= 15 is 0 Å². The number of nitrogens with one attached hydrogen (secondary N) is 1. The number of halogens is 2. The zero-order chi connectivity index (χ0) is 12.8. The van der Waals surface area contributed by atoms with Crippen LogP contribution in [-0.2, 0) is 4.79 Å². The summed E-state index contributed by atoms with van der Waals surface area (Å²) in [6.07, 6.45) is 1.20. The molecule has 1 rings (SSSR count). The van der Waals surface area contributed by atoms with E-state index < -0.39 is 17.5 Å². The molecule has 0 unspecified atom stereocenters. The summed E-state index contributed by atoms with van der Waals surface area (Å²) in [5.74, 6) is -1.81. The fourth-order valence-electron chi connectivity index (χ4n) is 1.31. The van der Waals surface area contributed by atoms with Crippen molar-refractivity contribution in [1.82, 2.24) is 5.32 Å². The lowest BCUT2D eigenvalue weighted by Crippen LogP contribution is -2.24. The third-order valence-corrected chi connectivity index (χ3v) is 2.11. The van der Waals surface area contributed by atoms with Gasteiger partial charge >= 0.3 is 0 Å². The van der Waals surface area contributed by atoms with Crippen LogP contribution in [-0.4, -0.2) is 24.2 Å². The van der Waals surface area contributed by atoms with E-state index in [1.165, 1.54) is 12.1 Å². The van der Waals surface area contributed by atoms with E-state index in [1.54, 1.807) is 6.92 Å². The van der Waals surface area contributed by atoms with E-state index in [-0.39, 0.29) is 18.7 Å². The van der Waals surface area contributed by atoms with Crippen molar-refractivity contribution in [2.75, 3.05) is 13.2 Å². The van der Waals surface area contributed by atoms with Crippen LogP contribution in [0.4, 0.5) is 8.78 Å². The van der Waals surface area contributed by atoms with E-state index in [0.717, 1.165) is 12.1 Å². The number of carbonyl (C=O) groups is 1. The van der Waals surface area contributed by atoms with Gasteiger partial charge < -0.3 is 10.4 Å². The van der Waals surface area contributed by atoms with Gasteiger partial charge in [0, 0.05) is 24.3 Å². The van der Waals surface area contributed by atoms with Crippen LogP contribution >= 0.6 is 0 Å². The second kappa shape index (κ2) is 6.10. The molecule has 0 fully saturated rings. The summed E-state index contributed by atoms with van der Waals surface area (Å²) in [4.78, 5) is 11.3. The number of aliphatic hydroxyl groups is 1. The number of aliphatic hydroxyl groups excluding tert-OH is 1. The highest BCUT2D eigenvalue weighted by molar-refractivity contribution is 5.94. The van der Waals surface area contributed by atoms with Crippen molar-refractivity contribution < 1.29 is 18.7 Å². The molecule has 0 aromatic heterocycles. The maximum Gasteiger partial charge on any atom is 0.244 e. The van der Waals surface area contributed by atoms with Crippen molar-refractivity contribution in [2.45, 2.75) is 6.92 Å². The molecular weight excluding hydrogens is 228 g/mol. The van der Waals surface area contributed by atoms with Gasteiger partial charge in [0.1, 0.15) is 11.6 Å². The van der Waals surface area contributed by atoms with Crippen molar-refractivity contribution in [1.29, 1.82) is 0 Å². The highest BCUT2D eigenvalue weighted by Gasteiger charge is 2.06. The van der Waals surface area contributed by atoms with Crippen LogP contribution in [0, 0.1) is 11.6 Å². The molecule has 0 spiro atoms. The van der Waals surface area contributed by atoms with E-state index in [4.69, 9.17) is 5.11 Å². The molecule has 0 saturated heterocycles. The average molecular weight is 241 g/mol. The third kappa shape index (κ3) is 3.96. The fraction of sp³-hybridized carbons (Fsp3) is 0.250. The summed E-state index contributed by atoms with van der Waals surface area (Å²) in [5.41, 5.74) is 0.559. The molecule has 3 nitrogen and oxygen atoms in total. The van der Waals surface area contributed by atoms with Crippen molar-refractivity contribution in [3.05, 3.63) is 41.5 Å². The van der Waals surface area contributed by atoms with E-state index in [2.05, 4.69) is 5.32 Å². The molecule has 0 radical (unpaired) electrons. The number of hydrogen-bond acceptors (Lipinski definition) is 2. The molecule has 5 heteroatoms. The van der Waals surface area contributed by atoms with Gasteiger partial charge in [-0.15, -0.1) is 0 Å². The minimum absolute atomic E-state index is 0.133.